The monoisotopic (exact) mass is 410 g/mol. The summed E-state index contributed by atoms with van der Waals surface area (Å²) in [7, 11) is 0. The summed E-state index contributed by atoms with van der Waals surface area (Å²) >= 11 is 3.42. The third-order valence-electron chi connectivity index (χ3n) is 4.16. The minimum atomic E-state index is -0.154. The van der Waals surface area contributed by atoms with Crippen LogP contribution >= 0.6 is 15.9 Å². The van der Waals surface area contributed by atoms with Gasteiger partial charge in [0.15, 0.2) is 5.76 Å². The van der Waals surface area contributed by atoms with E-state index < -0.39 is 0 Å². The molecule has 0 saturated carbocycles. The summed E-state index contributed by atoms with van der Waals surface area (Å²) in [5.74, 6) is 1.91. The molecule has 1 aliphatic heterocycles. The molecule has 4 rings (SSSR count). The number of carbonyl (C=O) groups excluding carboxylic acids is 1. The number of hydrogen-bond acceptors (Lipinski definition) is 4. The number of ketones is 1. The Kier molecular flexibility index (Phi) is 4.39. The first-order valence-corrected chi connectivity index (χ1v) is 8.90. The first-order chi connectivity index (χ1) is 12.6. The Balaban J connectivity index is 1.56. The molecule has 2 aromatic carbocycles. The fourth-order valence-corrected chi connectivity index (χ4v) is 3.03. The summed E-state index contributed by atoms with van der Waals surface area (Å²) in [6.45, 7) is 2.33. The quantitative estimate of drug-likeness (QED) is 0.529. The molecule has 3 aromatic rings. The smallest absolute Gasteiger partial charge is 0.232 e. The number of halogens is 1. The maximum absolute atomic E-state index is 12.5. The van der Waals surface area contributed by atoms with Crippen LogP contribution in [0.1, 0.15) is 27.2 Å². The van der Waals surface area contributed by atoms with Crippen molar-refractivity contribution < 1.29 is 18.7 Å². The number of Topliss-reactive ketones (excluding diaryl/α,β-unsaturated/α-hetero) is 1. The number of rotatable bonds is 4. The van der Waals surface area contributed by atoms with E-state index in [-0.39, 0.29) is 11.5 Å². The van der Waals surface area contributed by atoms with Crippen LogP contribution in [0, 0.1) is 6.92 Å². The van der Waals surface area contributed by atoms with Crippen molar-refractivity contribution in [1.29, 1.82) is 0 Å². The lowest BCUT2D eigenvalue weighted by atomic mass is 10.1. The Morgan fingerprint density at radius 3 is 2.65 bits per heavy atom. The Hall–Kier alpha value is -2.79. The molecule has 0 aliphatic carbocycles. The van der Waals surface area contributed by atoms with E-state index in [4.69, 9.17) is 13.9 Å². The molecule has 4 nitrogen and oxygen atoms in total. The average Bonchev–Trinajstić information content (AvgIpc) is 3.26. The molecule has 0 spiro atoms. The summed E-state index contributed by atoms with van der Waals surface area (Å²) in [6.07, 6.45) is 3.16. The van der Waals surface area contributed by atoms with Crippen molar-refractivity contribution >= 4 is 27.8 Å². The second-order valence-corrected chi connectivity index (χ2v) is 6.85. The highest BCUT2D eigenvalue weighted by molar-refractivity contribution is 9.10. The van der Waals surface area contributed by atoms with Crippen molar-refractivity contribution in [2.45, 2.75) is 13.5 Å². The van der Waals surface area contributed by atoms with Gasteiger partial charge in [0, 0.05) is 16.1 Å². The Morgan fingerprint density at radius 1 is 1.12 bits per heavy atom. The second-order valence-electron chi connectivity index (χ2n) is 5.94. The van der Waals surface area contributed by atoms with E-state index >= 15 is 0 Å². The van der Waals surface area contributed by atoms with Crippen LogP contribution in [0.25, 0.3) is 6.08 Å². The molecule has 0 radical (unpaired) electrons. The maximum Gasteiger partial charge on any atom is 0.232 e. The summed E-state index contributed by atoms with van der Waals surface area (Å²) in [6, 6.07) is 15.0. The first kappa shape index (κ1) is 16.7. The van der Waals surface area contributed by atoms with Crippen LogP contribution in [0.4, 0.5) is 0 Å². The van der Waals surface area contributed by atoms with Crippen LogP contribution in [0.5, 0.6) is 11.5 Å². The van der Waals surface area contributed by atoms with Gasteiger partial charge in [0.1, 0.15) is 23.9 Å². The second kappa shape index (κ2) is 6.84. The van der Waals surface area contributed by atoms with Crippen molar-refractivity contribution in [3.63, 3.8) is 0 Å². The lowest BCUT2D eigenvalue weighted by Crippen LogP contribution is -1.98. The molecule has 0 amide bonds. The molecule has 5 heteroatoms. The molecule has 1 aromatic heterocycles. The van der Waals surface area contributed by atoms with E-state index in [0.29, 0.717) is 29.4 Å². The molecular weight excluding hydrogens is 396 g/mol. The van der Waals surface area contributed by atoms with E-state index in [1.54, 1.807) is 30.5 Å². The fourth-order valence-electron chi connectivity index (χ4n) is 2.77. The van der Waals surface area contributed by atoms with Crippen molar-refractivity contribution in [2.75, 3.05) is 0 Å². The molecule has 0 fully saturated rings. The molecule has 0 saturated heterocycles. The summed E-state index contributed by atoms with van der Waals surface area (Å²) in [4.78, 5) is 12.5. The highest BCUT2D eigenvalue weighted by Gasteiger charge is 2.30. The van der Waals surface area contributed by atoms with Gasteiger partial charge >= 0.3 is 0 Å². The summed E-state index contributed by atoms with van der Waals surface area (Å²) in [5.41, 5.74) is 2.40. The number of allylic oxidation sites excluding steroid dienone is 1. The van der Waals surface area contributed by atoms with Gasteiger partial charge in [-0.1, -0.05) is 28.1 Å². The van der Waals surface area contributed by atoms with Crippen LogP contribution in [0.3, 0.4) is 0 Å². The molecule has 1 aliphatic rings. The fraction of sp³-hybridized carbons (Fsp3) is 0.0952. The number of carbonyl (C=O) groups is 1. The van der Waals surface area contributed by atoms with Gasteiger partial charge in [-0.2, -0.15) is 0 Å². The molecule has 0 atom stereocenters. The Labute approximate surface area is 159 Å². The highest BCUT2D eigenvalue weighted by Crippen LogP contribution is 2.39. The average molecular weight is 411 g/mol. The van der Waals surface area contributed by atoms with Gasteiger partial charge in [0.25, 0.3) is 0 Å². The minimum absolute atomic E-state index is 0.154. The van der Waals surface area contributed by atoms with Crippen molar-refractivity contribution in [3.8, 4) is 11.5 Å². The number of benzene rings is 2. The number of furan rings is 1. The van der Waals surface area contributed by atoms with Crippen LogP contribution in [-0.2, 0) is 6.61 Å². The predicted octanol–water partition coefficient (Wildman–Crippen LogP) is 5.55. The van der Waals surface area contributed by atoms with Gasteiger partial charge in [-0.15, -0.1) is 0 Å². The van der Waals surface area contributed by atoms with E-state index in [0.717, 1.165) is 15.6 Å². The van der Waals surface area contributed by atoms with Crippen molar-refractivity contribution in [3.05, 3.63) is 87.5 Å². The van der Waals surface area contributed by atoms with Gasteiger partial charge in [0.05, 0.1) is 11.8 Å². The first-order valence-electron chi connectivity index (χ1n) is 8.10. The van der Waals surface area contributed by atoms with E-state index in [1.165, 1.54) is 0 Å². The van der Waals surface area contributed by atoms with Gasteiger partial charge < -0.3 is 13.9 Å². The summed E-state index contributed by atoms with van der Waals surface area (Å²) < 4.78 is 18.0. The summed E-state index contributed by atoms with van der Waals surface area (Å²) in [5, 5.41) is 0. The van der Waals surface area contributed by atoms with Crippen LogP contribution in [-0.4, -0.2) is 5.78 Å². The number of ether oxygens (including phenoxy) is 2. The van der Waals surface area contributed by atoms with E-state index in [2.05, 4.69) is 15.9 Å². The van der Waals surface area contributed by atoms with Gasteiger partial charge in [-0.25, -0.2) is 0 Å². The largest absolute Gasteiger partial charge is 0.488 e. The van der Waals surface area contributed by atoms with Crippen molar-refractivity contribution in [1.82, 2.24) is 0 Å². The number of fused-ring (bicyclic) bond motifs is 1. The molecule has 0 bridgehead atoms. The zero-order valence-corrected chi connectivity index (χ0v) is 15.6. The Morgan fingerprint density at radius 2 is 1.92 bits per heavy atom. The molecular formula is C21H15BrO4. The zero-order chi connectivity index (χ0) is 18.1. The van der Waals surface area contributed by atoms with Gasteiger partial charge in [-0.3, -0.25) is 4.79 Å². The van der Waals surface area contributed by atoms with Crippen LogP contribution in [0.15, 0.2) is 69.4 Å². The van der Waals surface area contributed by atoms with Crippen LogP contribution in [0.2, 0.25) is 0 Å². The molecule has 26 heavy (non-hydrogen) atoms. The standard InChI is InChI=1S/C21H15BrO4/c1-13-18(25-12-14-4-6-15(22)7-5-14)9-8-17-20(23)19(26-21(13)17)11-16-3-2-10-24-16/h2-11H,12H2,1H3/b19-11-. The normalized spacial score (nSPS) is 14.4. The predicted molar refractivity (Wildman–Crippen MR) is 101 cm³/mol. The third-order valence-corrected chi connectivity index (χ3v) is 4.69. The molecule has 130 valence electrons. The third kappa shape index (κ3) is 3.18. The lowest BCUT2D eigenvalue weighted by molar-refractivity contribution is 0.101. The topological polar surface area (TPSA) is 48.7 Å². The van der Waals surface area contributed by atoms with Gasteiger partial charge in [-0.05, 0) is 48.9 Å². The SMILES string of the molecule is Cc1c(OCc2ccc(Br)cc2)ccc2c1O/C(=C\c1ccco1)C2=O. The van der Waals surface area contributed by atoms with E-state index in [1.807, 2.05) is 37.3 Å². The molecule has 2 heterocycles. The highest BCUT2D eigenvalue weighted by atomic mass is 79.9. The van der Waals surface area contributed by atoms with Crippen molar-refractivity contribution in [2.24, 2.45) is 0 Å². The number of hydrogen-bond donors (Lipinski definition) is 0. The molecule has 0 unspecified atom stereocenters. The lowest BCUT2D eigenvalue weighted by Gasteiger charge is -2.11. The maximum atomic E-state index is 12.5. The van der Waals surface area contributed by atoms with E-state index in [9.17, 15) is 4.79 Å². The van der Waals surface area contributed by atoms with Gasteiger partial charge in [0.2, 0.25) is 5.78 Å². The Bertz CT molecular complexity index is 986. The van der Waals surface area contributed by atoms with Crippen LogP contribution < -0.4 is 9.47 Å². The zero-order valence-electron chi connectivity index (χ0n) is 14.0. The minimum Gasteiger partial charge on any atom is -0.488 e. The molecule has 0 N–H and O–H groups in total.